The Bertz CT molecular complexity index is 515. The molecule has 1 aliphatic heterocycles. The lowest BCUT2D eigenvalue weighted by Gasteiger charge is -2.15. The van der Waals surface area contributed by atoms with Crippen molar-refractivity contribution in [3.05, 3.63) is 47.5 Å². The molecule has 17 heavy (non-hydrogen) atoms. The van der Waals surface area contributed by atoms with Gasteiger partial charge in [0.15, 0.2) is 0 Å². The van der Waals surface area contributed by atoms with Gasteiger partial charge in [0.05, 0.1) is 0 Å². The van der Waals surface area contributed by atoms with Crippen LogP contribution in [0, 0.1) is 6.92 Å². The van der Waals surface area contributed by atoms with Crippen LogP contribution in [0.3, 0.4) is 0 Å². The quantitative estimate of drug-likeness (QED) is 0.803. The SMILES string of the molecule is Cc1ccc([C@@H]2CCCN2)c2ccccc12.Cl. The molecule has 90 valence electrons. The second-order valence-electron chi connectivity index (χ2n) is 4.67. The first kappa shape index (κ1) is 12.4. The summed E-state index contributed by atoms with van der Waals surface area (Å²) in [6.45, 7) is 3.35. The van der Waals surface area contributed by atoms with Crippen molar-refractivity contribution in [1.82, 2.24) is 5.32 Å². The van der Waals surface area contributed by atoms with Gasteiger partial charge in [0.2, 0.25) is 0 Å². The zero-order valence-electron chi connectivity index (χ0n) is 10.1. The lowest BCUT2D eigenvalue weighted by atomic mass is 9.95. The summed E-state index contributed by atoms with van der Waals surface area (Å²) in [5, 5.41) is 6.40. The predicted molar refractivity (Wildman–Crippen MR) is 75.9 cm³/mol. The first-order valence-electron chi connectivity index (χ1n) is 6.08. The van der Waals surface area contributed by atoms with Gasteiger partial charge >= 0.3 is 0 Å². The molecule has 0 radical (unpaired) electrons. The van der Waals surface area contributed by atoms with Crippen molar-refractivity contribution < 1.29 is 0 Å². The van der Waals surface area contributed by atoms with E-state index in [4.69, 9.17) is 0 Å². The Kier molecular flexibility index (Phi) is 3.70. The molecular weight excluding hydrogens is 230 g/mol. The first-order valence-corrected chi connectivity index (χ1v) is 6.08. The van der Waals surface area contributed by atoms with Crippen LogP contribution in [0.25, 0.3) is 10.8 Å². The lowest BCUT2D eigenvalue weighted by Crippen LogP contribution is -2.13. The summed E-state index contributed by atoms with van der Waals surface area (Å²) in [5.41, 5.74) is 2.84. The van der Waals surface area contributed by atoms with E-state index in [1.54, 1.807) is 0 Å². The molecule has 0 spiro atoms. The number of fused-ring (bicyclic) bond motifs is 1. The van der Waals surface area contributed by atoms with E-state index in [1.807, 2.05) is 0 Å². The molecule has 2 aromatic rings. The van der Waals surface area contributed by atoms with Crippen LogP contribution in [0.4, 0.5) is 0 Å². The topological polar surface area (TPSA) is 12.0 Å². The van der Waals surface area contributed by atoms with Crippen molar-refractivity contribution in [3.8, 4) is 0 Å². The number of nitrogens with one attached hydrogen (secondary N) is 1. The Morgan fingerprint density at radius 1 is 1.06 bits per heavy atom. The molecule has 1 saturated heterocycles. The van der Waals surface area contributed by atoms with E-state index in [0.717, 1.165) is 6.54 Å². The van der Waals surface area contributed by atoms with Crippen LogP contribution in [0.5, 0.6) is 0 Å². The van der Waals surface area contributed by atoms with Crippen molar-refractivity contribution in [2.45, 2.75) is 25.8 Å². The van der Waals surface area contributed by atoms with Gasteiger partial charge in [-0.25, -0.2) is 0 Å². The monoisotopic (exact) mass is 247 g/mol. The Morgan fingerprint density at radius 3 is 2.53 bits per heavy atom. The molecule has 1 N–H and O–H groups in total. The van der Waals surface area contributed by atoms with E-state index in [-0.39, 0.29) is 12.4 Å². The van der Waals surface area contributed by atoms with Crippen molar-refractivity contribution in [1.29, 1.82) is 0 Å². The maximum absolute atomic E-state index is 3.58. The Hall–Kier alpha value is -1.05. The molecule has 0 aliphatic carbocycles. The molecule has 0 bridgehead atoms. The zero-order valence-corrected chi connectivity index (χ0v) is 10.9. The van der Waals surface area contributed by atoms with Crippen LogP contribution in [0.1, 0.15) is 30.0 Å². The summed E-state index contributed by atoms with van der Waals surface area (Å²) in [6.07, 6.45) is 2.57. The highest BCUT2D eigenvalue weighted by atomic mass is 35.5. The summed E-state index contributed by atoms with van der Waals surface area (Å²) in [4.78, 5) is 0. The highest BCUT2D eigenvalue weighted by Crippen LogP contribution is 2.31. The van der Waals surface area contributed by atoms with Crippen molar-refractivity contribution >= 4 is 23.2 Å². The standard InChI is InChI=1S/C15H17N.ClH/c1-11-8-9-14(15-7-4-10-16-15)13-6-3-2-5-12(11)13;/h2-3,5-6,8-9,15-16H,4,7,10H2,1H3;1H/t15-;/m0./s1. The van der Waals surface area contributed by atoms with E-state index in [2.05, 4.69) is 48.6 Å². The molecular formula is C15H18ClN. The molecule has 1 nitrogen and oxygen atoms in total. The Labute approximate surface area is 109 Å². The minimum Gasteiger partial charge on any atom is -0.310 e. The number of hydrogen-bond acceptors (Lipinski definition) is 1. The third-order valence-electron chi connectivity index (χ3n) is 3.61. The fourth-order valence-electron chi connectivity index (χ4n) is 2.73. The highest BCUT2D eigenvalue weighted by Gasteiger charge is 2.18. The van der Waals surface area contributed by atoms with Crippen LogP contribution in [-0.2, 0) is 0 Å². The molecule has 0 amide bonds. The molecule has 3 rings (SSSR count). The maximum atomic E-state index is 3.58. The van der Waals surface area contributed by atoms with E-state index in [9.17, 15) is 0 Å². The largest absolute Gasteiger partial charge is 0.310 e. The number of hydrogen-bond donors (Lipinski definition) is 1. The van der Waals surface area contributed by atoms with E-state index in [0.29, 0.717) is 6.04 Å². The van der Waals surface area contributed by atoms with Gasteiger partial charge in [-0.05, 0) is 48.2 Å². The number of halogens is 1. The first-order chi connectivity index (χ1) is 7.86. The van der Waals surface area contributed by atoms with Crippen LogP contribution >= 0.6 is 12.4 Å². The Morgan fingerprint density at radius 2 is 1.82 bits per heavy atom. The molecule has 1 heterocycles. The molecule has 1 atom stereocenters. The lowest BCUT2D eigenvalue weighted by molar-refractivity contribution is 0.653. The average molecular weight is 248 g/mol. The minimum atomic E-state index is 0. The van der Waals surface area contributed by atoms with Gasteiger partial charge in [-0.15, -0.1) is 12.4 Å². The smallest absolute Gasteiger partial charge is 0.0326 e. The average Bonchev–Trinajstić information content (AvgIpc) is 2.83. The fraction of sp³-hybridized carbons (Fsp3) is 0.333. The van der Waals surface area contributed by atoms with E-state index < -0.39 is 0 Å². The molecule has 0 saturated carbocycles. The third-order valence-corrected chi connectivity index (χ3v) is 3.61. The van der Waals surface area contributed by atoms with Crippen LogP contribution < -0.4 is 5.32 Å². The normalized spacial score (nSPS) is 19.2. The summed E-state index contributed by atoms with van der Waals surface area (Å²) >= 11 is 0. The molecule has 1 fully saturated rings. The van der Waals surface area contributed by atoms with Gasteiger partial charge in [0.25, 0.3) is 0 Å². The van der Waals surface area contributed by atoms with Crippen molar-refractivity contribution in [3.63, 3.8) is 0 Å². The number of rotatable bonds is 1. The fourth-order valence-corrected chi connectivity index (χ4v) is 2.73. The Balaban J connectivity index is 0.00000108. The van der Waals surface area contributed by atoms with Crippen molar-refractivity contribution in [2.24, 2.45) is 0 Å². The van der Waals surface area contributed by atoms with Gasteiger partial charge in [0.1, 0.15) is 0 Å². The second-order valence-corrected chi connectivity index (χ2v) is 4.67. The molecule has 0 unspecified atom stereocenters. The molecule has 1 aliphatic rings. The van der Waals surface area contributed by atoms with Gasteiger partial charge < -0.3 is 5.32 Å². The van der Waals surface area contributed by atoms with Gasteiger partial charge in [-0.3, -0.25) is 0 Å². The molecule has 0 aromatic heterocycles. The molecule has 2 heteroatoms. The number of benzene rings is 2. The molecule has 2 aromatic carbocycles. The van der Waals surface area contributed by atoms with Gasteiger partial charge in [0, 0.05) is 6.04 Å². The summed E-state index contributed by atoms with van der Waals surface area (Å²) in [6, 6.07) is 13.8. The number of aryl methyl sites for hydroxylation is 1. The second kappa shape index (κ2) is 5.07. The van der Waals surface area contributed by atoms with E-state index >= 15 is 0 Å². The van der Waals surface area contributed by atoms with Gasteiger partial charge in [-0.1, -0.05) is 36.4 Å². The van der Waals surface area contributed by atoms with Gasteiger partial charge in [-0.2, -0.15) is 0 Å². The maximum Gasteiger partial charge on any atom is 0.0326 e. The van der Waals surface area contributed by atoms with E-state index in [1.165, 1.54) is 34.7 Å². The zero-order chi connectivity index (χ0) is 11.0. The highest BCUT2D eigenvalue weighted by molar-refractivity contribution is 5.88. The summed E-state index contributed by atoms with van der Waals surface area (Å²) in [5.74, 6) is 0. The van der Waals surface area contributed by atoms with Crippen LogP contribution in [0.15, 0.2) is 36.4 Å². The predicted octanol–water partition coefficient (Wildman–Crippen LogP) is 3.99. The minimum absolute atomic E-state index is 0. The van der Waals surface area contributed by atoms with Crippen molar-refractivity contribution in [2.75, 3.05) is 6.54 Å². The van der Waals surface area contributed by atoms with Crippen LogP contribution in [-0.4, -0.2) is 6.54 Å². The van der Waals surface area contributed by atoms with Crippen LogP contribution in [0.2, 0.25) is 0 Å². The summed E-state index contributed by atoms with van der Waals surface area (Å²) < 4.78 is 0. The third kappa shape index (κ3) is 2.18. The summed E-state index contributed by atoms with van der Waals surface area (Å²) in [7, 11) is 0.